The molecule has 98 valence electrons. The third-order valence-corrected chi connectivity index (χ3v) is 5.15. The number of carbonyl (C=O) groups is 1. The first-order chi connectivity index (χ1) is 7.96. The van der Waals surface area contributed by atoms with Crippen LogP contribution in [0, 0.1) is 5.92 Å². The van der Waals surface area contributed by atoms with Gasteiger partial charge < -0.3 is 15.7 Å². The summed E-state index contributed by atoms with van der Waals surface area (Å²) in [4.78, 5) is 11.7. The Hall–Kier alpha value is -0.660. The molecule has 3 atom stereocenters. The highest BCUT2D eigenvalue weighted by molar-refractivity contribution is 7.91. The molecule has 2 saturated heterocycles. The van der Waals surface area contributed by atoms with Crippen molar-refractivity contribution in [3.05, 3.63) is 0 Å². The number of nitrogens with one attached hydrogen (secondary N) is 2. The summed E-state index contributed by atoms with van der Waals surface area (Å²) in [5.74, 6) is 0.295. The highest BCUT2D eigenvalue weighted by Crippen LogP contribution is 2.17. The van der Waals surface area contributed by atoms with Gasteiger partial charge in [-0.3, -0.25) is 4.79 Å². The monoisotopic (exact) mass is 262 g/mol. The molecule has 0 radical (unpaired) electrons. The van der Waals surface area contributed by atoms with Crippen LogP contribution in [0.5, 0.6) is 0 Å². The van der Waals surface area contributed by atoms with E-state index in [1.165, 1.54) is 0 Å². The molecule has 0 bridgehead atoms. The quantitative estimate of drug-likeness (QED) is 0.561. The molecule has 7 heteroatoms. The maximum absolute atomic E-state index is 11.7. The fraction of sp³-hybridized carbons (Fsp3) is 0.900. The number of rotatable bonds is 3. The molecular weight excluding hydrogens is 244 g/mol. The number of hydrogen-bond acceptors (Lipinski definition) is 5. The normalized spacial score (nSPS) is 35.9. The fourth-order valence-electron chi connectivity index (χ4n) is 2.32. The van der Waals surface area contributed by atoms with Gasteiger partial charge in [-0.15, -0.1) is 0 Å². The highest BCUT2D eigenvalue weighted by Gasteiger charge is 2.31. The lowest BCUT2D eigenvalue weighted by Crippen LogP contribution is -2.42. The molecule has 6 nitrogen and oxygen atoms in total. The van der Waals surface area contributed by atoms with Gasteiger partial charge in [0.05, 0.1) is 23.7 Å². The Morgan fingerprint density at radius 2 is 2.24 bits per heavy atom. The van der Waals surface area contributed by atoms with Crippen LogP contribution in [-0.2, 0) is 14.6 Å². The van der Waals surface area contributed by atoms with Gasteiger partial charge in [-0.1, -0.05) is 0 Å². The number of hydrogen-bond donors (Lipinski definition) is 3. The third-order valence-electron chi connectivity index (χ3n) is 3.32. The molecule has 2 heterocycles. The maximum Gasteiger partial charge on any atom is 0.237 e. The molecule has 2 rings (SSSR count). The van der Waals surface area contributed by atoms with Gasteiger partial charge in [0.2, 0.25) is 5.91 Å². The van der Waals surface area contributed by atoms with E-state index in [1.54, 1.807) is 0 Å². The molecule has 0 aromatic rings. The lowest BCUT2D eigenvalue weighted by Gasteiger charge is -2.13. The standard InChI is InChI=1S/C10H18N2O4S/c13-8-3-9(11-5-8)10(14)12-4-7-1-2-17(15,16)6-7/h7-9,11,13H,1-6H2,(H,12,14). The Kier molecular flexibility index (Phi) is 3.70. The first-order valence-corrected chi connectivity index (χ1v) is 7.68. The second kappa shape index (κ2) is 4.91. The van der Waals surface area contributed by atoms with Crippen molar-refractivity contribution in [2.75, 3.05) is 24.6 Å². The zero-order valence-corrected chi connectivity index (χ0v) is 10.4. The SMILES string of the molecule is O=C(NCC1CCS(=O)(=O)C1)C1CC(O)CN1. The lowest BCUT2D eigenvalue weighted by molar-refractivity contribution is -0.123. The number of carbonyl (C=O) groups excluding carboxylic acids is 1. The molecule has 2 aliphatic heterocycles. The molecule has 2 fully saturated rings. The molecule has 0 aromatic carbocycles. The molecule has 0 spiro atoms. The molecule has 2 aliphatic rings. The van der Waals surface area contributed by atoms with E-state index in [2.05, 4.69) is 10.6 Å². The van der Waals surface area contributed by atoms with Gasteiger partial charge >= 0.3 is 0 Å². The number of aliphatic hydroxyl groups excluding tert-OH is 1. The zero-order valence-electron chi connectivity index (χ0n) is 9.55. The van der Waals surface area contributed by atoms with Gasteiger partial charge in [-0.25, -0.2) is 8.42 Å². The largest absolute Gasteiger partial charge is 0.392 e. The molecule has 0 saturated carbocycles. The van der Waals surface area contributed by atoms with Crippen LogP contribution >= 0.6 is 0 Å². The van der Waals surface area contributed by atoms with Gasteiger partial charge in [0.1, 0.15) is 0 Å². The van der Waals surface area contributed by atoms with Crippen LogP contribution < -0.4 is 10.6 Å². The Balaban J connectivity index is 1.74. The Labute approximate surface area is 101 Å². The van der Waals surface area contributed by atoms with Crippen LogP contribution in [0.3, 0.4) is 0 Å². The molecule has 3 N–H and O–H groups in total. The van der Waals surface area contributed by atoms with Crippen LogP contribution in [0.1, 0.15) is 12.8 Å². The number of aliphatic hydroxyl groups is 1. The zero-order chi connectivity index (χ0) is 12.5. The van der Waals surface area contributed by atoms with Crippen LogP contribution in [-0.4, -0.2) is 56.2 Å². The van der Waals surface area contributed by atoms with Crippen molar-refractivity contribution in [3.8, 4) is 0 Å². The van der Waals surface area contributed by atoms with Gasteiger partial charge in [-0.2, -0.15) is 0 Å². The molecule has 0 aromatic heterocycles. The average molecular weight is 262 g/mol. The van der Waals surface area contributed by atoms with Crippen LogP contribution in [0.4, 0.5) is 0 Å². The van der Waals surface area contributed by atoms with E-state index >= 15 is 0 Å². The summed E-state index contributed by atoms with van der Waals surface area (Å²) >= 11 is 0. The van der Waals surface area contributed by atoms with Crippen LogP contribution in [0.2, 0.25) is 0 Å². The average Bonchev–Trinajstić information content (AvgIpc) is 2.81. The van der Waals surface area contributed by atoms with Crippen LogP contribution in [0.15, 0.2) is 0 Å². The molecule has 1 amide bonds. The van der Waals surface area contributed by atoms with E-state index in [-0.39, 0.29) is 29.4 Å². The minimum Gasteiger partial charge on any atom is -0.392 e. The smallest absolute Gasteiger partial charge is 0.237 e. The van der Waals surface area contributed by atoms with E-state index in [1.807, 2.05) is 0 Å². The number of sulfone groups is 1. The van der Waals surface area contributed by atoms with Crippen LogP contribution in [0.25, 0.3) is 0 Å². The summed E-state index contributed by atoms with van der Waals surface area (Å²) in [6, 6.07) is -0.344. The lowest BCUT2D eigenvalue weighted by atomic mass is 10.1. The van der Waals surface area contributed by atoms with Crippen molar-refractivity contribution in [1.82, 2.24) is 10.6 Å². The first-order valence-electron chi connectivity index (χ1n) is 5.86. The van der Waals surface area contributed by atoms with E-state index in [9.17, 15) is 18.3 Å². The highest BCUT2D eigenvalue weighted by atomic mass is 32.2. The summed E-state index contributed by atoms with van der Waals surface area (Å²) in [6.45, 7) is 0.849. The summed E-state index contributed by atoms with van der Waals surface area (Å²) in [6.07, 6.45) is 0.593. The summed E-state index contributed by atoms with van der Waals surface area (Å²) in [5.41, 5.74) is 0. The van der Waals surface area contributed by atoms with Crippen molar-refractivity contribution in [3.63, 3.8) is 0 Å². The van der Waals surface area contributed by atoms with Crippen molar-refractivity contribution in [1.29, 1.82) is 0 Å². The van der Waals surface area contributed by atoms with Gasteiger partial charge in [0, 0.05) is 13.1 Å². The van der Waals surface area contributed by atoms with Crippen molar-refractivity contribution in [2.45, 2.75) is 25.0 Å². The predicted molar refractivity (Wildman–Crippen MR) is 62.2 cm³/mol. The molecule has 3 unspecified atom stereocenters. The summed E-state index contributed by atoms with van der Waals surface area (Å²) < 4.78 is 22.5. The molecular formula is C10H18N2O4S. The van der Waals surface area contributed by atoms with Crippen molar-refractivity contribution < 1.29 is 18.3 Å². The second-order valence-electron chi connectivity index (χ2n) is 4.86. The van der Waals surface area contributed by atoms with Gasteiger partial charge in [0.15, 0.2) is 9.84 Å². The predicted octanol–water partition coefficient (Wildman–Crippen LogP) is -1.74. The maximum atomic E-state index is 11.7. The minimum atomic E-state index is -2.88. The molecule has 0 aliphatic carbocycles. The van der Waals surface area contributed by atoms with Gasteiger partial charge in [0.25, 0.3) is 0 Å². The van der Waals surface area contributed by atoms with Crippen molar-refractivity contribution >= 4 is 15.7 Å². The van der Waals surface area contributed by atoms with Crippen molar-refractivity contribution in [2.24, 2.45) is 5.92 Å². The summed E-state index contributed by atoms with van der Waals surface area (Å²) in [7, 11) is -2.88. The van der Waals surface area contributed by atoms with E-state index in [4.69, 9.17) is 0 Å². The second-order valence-corrected chi connectivity index (χ2v) is 7.09. The topological polar surface area (TPSA) is 95.5 Å². The Morgan fingerprint density at radius 3 is 2.76 bits per heavy atom. The first kappa shape index (κ1) is 12.8. The van der Waals surface area contributed by atoms with E-state index in [0.29, 0.717) is 25.9 Å². The fourth-order valence-corrected chi connectivity index (χ4v) is 4.18. The van der Waals surface area contributed by atoms with E-state index < -0.39 is 15.9 Å². The molecule has 17 heavy (non-hydrogen) atoms. The minimum absolute atomic E-state index is 0.0373. The third kappa shape index (κ3) is 3.40. The Bertz CT molecular complexity index is 395. The number of amides is 1. The van der Waals surface area contributed by atoms with E-state index in [0.717, 1.165) is 0 Å². The Morgan fingerprint density at radius 1 is 1.47 bits per heavy atom. The summed E-state index contributed by atoms with van der Waals surface area (Å²) in [5, 5.41) is 14.9. The van der Waals surface area contributed by atoms with Gasteiger partial charge in [-0.05, 0) is 18.8 Å². The number of β-amino-alcohol motifs (C(OH)–C–C–N with tert-alkyl or cyclic N) is 1.